The lowest BCUT2D eigenvalue weighted by Gasteiger charge is -2.19. The van der Waals surface area contributed by atoms with E-state index in [0.29, 0.717) is 18.3 Å². The van der Waals surface area contributed by atoms with E-state index in [0.717, 1.165) is 29.4 Å². The molecule has 0 bridgehead atoms. The molecule has 1 aliphatic rings. The predicted molar refractivity (Wildman–Crippen MR) is 133 cm³/mol. The quantitative estimate of drug-likeness (QED) is 0.260. The molecule has 1 unspecified atom stereocenters. The number of benzene rings is 1. The number of nitrogens with one attached hydrogen (secondary N) is 2. The topological polar surface area (TPSA) is 76.4 Å². The zero-order valence-corrected chi connectivity index (χ0v) is 20.2. The highest BCUT2D eigenvalue weighted by molar-refractivity contribution is 14.0. The Morgan fingerprint density at radius 2 is 2.10 bits per heavy atom. The van der Waals surface area contributed by atoms with Gasteiger partial charge in [0.2, 0.25) is 5.88 Å². The Balaban J connectivity index is 0.00000272. The Morgan fingerprint density at radius 1 is 1.23 bits per heavy atom. The molecule has 1 aromatic carbocycles. The van der Waals surface area contributed by atoms with Crippen LogP contribution in [0.3, 0.4) is 0 Å². The molecule has 1 atom stereocenters. The Kier molecular flexibility index (Phi) is 8.27. The third kappa shape index (κ3) is 6.68. The van der Waals surface area contributed by atoms with Crippen LogP contribution in [0.2, 0.25) is 0 Å². The molecule has 1 aliphatic carbocycles. The number of guanidine groups is 1. The van der Waals surface area contributed by atoms with E-state index in [-0.39, 0.29) is 30.0 Å². The largest absolute Gasteiger partial charge is 0.477 e. The molecule has 0 radical (unpaired) electrons. The van der Waals surface area contributed by atoms with Gasteiger partial charge in [-0.05, 0) is 61.1 Å². The predicted octanol–water partition coefficient (Wildman–Crippen LogP) is 4.10. The molecule has 2 aromatic heterocycles. The monoisotopic (exact) mass is 532 g/mol. The SMILES string of the molecule is CN=C(NCc1ccnc(OCC2CC2)c1)NC(C)c1cccc(-n2cccn2)c1.I. The van der Waals surface area contributed by atoms with Crippen molar-refractivity contribution in [2.45, 2.75) is 32.4 Å². The molecule has 3 aromatic rings. The van der Waals surface area contributed by atoms with E-state index < -0.39 is 0 Å². The van der Waals surface area contributed by atoms with Crippen LogP contribution in [0.5, 0.6) is 5.88 Å². The van der Waals surface area contributed by atoms with Gasteiger partial charge in [-0.1, -0.05) is 12.1 Å². The summed E-state index contributed by atoms with van der Waals surface area (Å²) in [6.07, 6.45) is 8.05. The second-order valence-electron chi connectivity index (χ2n) is 7.59. The van der Waals surface area contributed by atoms with Crippen LogP contribution >= 0.6 is 24.0 Å². The first-order valence-electron chi connectivity index (χ1n) is 10.4. The first kappa shape index (κ1) is 23.1. The summed E-state index contributed by atoms with van der Waals surface area (Å²) in [5.74, 6) is 2.14. The average Bonchev–Trinajstić information content (AvgIpc) is 3.45. The molecule has 0 spiro atoms. The van der Waals surface area contributed by atoms with Crippen LogP contribution in [0.1, 0.15) is 36.9 Å². The normalized spacial score (nSPS) is 14.5. The van der Waals surface area contributed by atoms with Crippen molar-refractivity contribution in [2.24, 2.45) is 10.9 Å². The molecule has 2 N–H and O–H groups in total. The maximum Gasteiger partial charge on any atom is 0.213 e. The Labute approximate surface area is 200 Å². The Hall–Kier alpha value is -2.62. The fourth-order valence-corrected chi connectivity index (χ4v) is 3.15. The van der Waals surface area contributed by atoms with Crippen LogP contribution in [-0.2, 0) is 6.54 Å². The summed E-state index contributed by atoms with van der Waals surface area (Å²) in [5.41, 5.74) is 3.29. The van der Waals surface area contributed by atoms with Gasteiger partial charge in [-0.25, -0.2) is 9.67 Å². The molecule has 7 nitrogen and oxygen atoms in total. The highest BCUT2D eigenvalue weighted by Crippen LogP contribution is 2.29. The van der Waals surface area contributed by atoms with Gasteiger partial charge in [-0.15, -0.1) is 24.0 Å². The van der Waals surface area contributed by atoms with E-state index in [4.69, 9.17) is 4.74 Å². The zero-order valence-electron chi connectivity index (χ0n) is 17.9. The minimum atomic E-state index is 0. The lowest BCUT2D eigenvalue weighted by molar-refractivity contribution is 0.288. The van der Waals surface area contributed by atoms with Crippen LogP contribution in [0, 0.1) is 5.92 Å². The minimum Gasteiger partial charge on any atom is -0.477 e. The third-order valence-corrected chi connectivity index (χ3v) is 5.14. The van der Waals surface area contributed by atoms with Crippen LogP contribution in [0.25, 0.3) is 5.69 Å². The standard InChI is InChI=1S/C23H28N6O.HI/c1-17(20-5-3-6-21(14-20)29-12-4-10-27-29)28-23(24-2)26-15-19-9-11-25-22(13-19)30-16-18-7-8-18;/h3-6,9-14,17-18H,7-8,15-16H2,1-2H3,(H2,24,26,28);1H. The number of nitrogens with zero attached hydrogens (tertiary/aromatic N) is 4. The molecule has 4 rings (SSSR count). The van der Waals surface area contributed by atoms with Crippen LogP contribution < -0.4 is 15.4 Å². The highest BCUT2D eigenvalue weighted by atomic mass is 127. The fourth-order valence-electron chi connectivity index (χ4n) is 3.15. The lowest BCUT2D eigenvalue weighted by atomic mass is 10.1. The maximum atomic E-state index is 5.78. The van der Waals surface area contributed by atoms with Crippen molar-refractivity contribution in [2.75, 3.05) is 13.7 Å². The molecule has 0 aliphatic heterocycles. The van der Waals surface area contributed by atoms with Gasteiger partial charge in [0.05, 0.1) is 18.3 Å². The van der Waals surface area contributed by atoms with Crippen molar-refractivity contribution in [3.05, 3.63) is 72.2 Å². The van der Waals surface area contributed by atoms with E-state index in [9.17, 15) is 0 Å². The van der Waals surface area contributed by atoms with Crippen molar-refractivity contribution in [3.63, 3.8) is 0 Å². The van der Waals surface area contributed by atoms with Crippen molar-refractivity contribution in [1.29, 1.82) is 0 Å². The number of ether oxygens (including phenoxy) is 1. The number of rotatable bonds is 8. The van der Waals surface area contributed by atoms with Gasteiger partial charge in [0.15, 0.2) is 5.96 Å². The number of aromatic nitrogens is 3. The van der Waals surface area contributed by atoms with Gasteiger partial charge in [0.1, 0.15) is 0 Å². The highest BCUT2D eigenvalue weighted by Gasteiger charge is 2.22. The summed E-state index contributed by atoms with van der Waals surface area (Å²) in [7, 11) is 1.78. The molecule has 2 heterocycles. The minimum absolute atomic E-state index is 0. The molecule has 1 saturated carbocycles. The Morgan fingerprint density at radius 3 is 2.84 bits per heavy atom. The molecular weight excluding hydrogens is 503 g/mol. The summed E-state index contributed by atoms with van der Waals surface area (Å²) in [6, 6.07) is 14.3. The number of hydrogen-bond acceptors (Lipinski definition) is 4. The van der Waals surface area contributed by atoms with Crippen LogP contribution in [0.4, 0.5) is 0 Å². The van der Waals surface area contributed by atoms with Crippen molar-refractivity contribution in [1.82, 2.24) is 25.4 Å². The molecule has 31 heavy (non-hydrogen) atoms. The van der Waals surface area contributed by atoms with Gasteiger partial charge in [-0.3, -0.25) is 4.99 Å². The maximum absolute atomic E-state index is 5.78. The van der Waals surface area contributed by atoms with E-state index in [1.807, 2.05) is 41.2 Å². The number of pyridine rings is 1. The second kappa shape index (κ2) is 11.1. The first-order valence-corrected chi connectivity index (χ1v) is 10.4. The van der Waals surface area contributed by atoms with Gasteiger partial charge in [0, 0.05) is 38.2 Å². The third-order valence-electron chi connectivity index (χ3n) is 5.14. The van der Waals surface area contributed by atoms with Gasteiger partial charge in [-0.2, -0.15) is 5.10 Å². The van der Waals surface area contributed by atoms with Crippen molar-refractivity contribution >= 4 is 29.9 Å². The van der Waals surface area contributed by atoms with E-state index in [1.165, 1.54) is 12.8 Å². The average molecular weight is 532 g/mol. The van der Waals surface area contributed by atoms with Gasteiger partial charge < -0.3 is 15.4 Å². The number of halogens is 1. The second-order valence-corrected chi connectivity index (χ2v) is 7.59. The smallest absolute Gasteiger partial charge is 0.213 e. The summed E-state index contributed by atoms with van der Waals surface area (Å²) in [4.78, 5) is 8.66. The molecule has 164 valence electrons. The van der Waals surface area contributed by atoms with Crippen LogP contribution in [0.15, 0.2) is 66.0 Å². The molecule has 0 saturated heterocycles. The molecule has 0 amide bonds. The molecule has 1 fully saturated rings. The number of aliphatic imine (C=N–C) groups is 1. The first-order chi connectivity index (χ1) is 14.7. The molecular formula is C23H29IN6O. The van der Waals surface area contributed by atoms with Gasteiger partial charge in [0.25, 0.3) is 0 Å². The van der Waals surface area contributed by atoms with Gasteiger partial charge >= 0.3 is 0 Å². The summed E-state index contributed by atoms with van der Waals surface area (Å²) < 4.78 is 7.63. The van der Waals surface area contributed by atoms with Crippen molar-refractivity contribution in [3.8, 4) is 11.6 Å². The summed E-state index contributed by atoms with van der Waals surface area (Å²) in [5, 5.41) is 11.1. The fraction of sp³-hybridized carbons (Fsp3) is 0.348. The number of hydrogen-bond donors (Lipinski definition) is 2. The van der Waals surface area contributed by atoms with Crippen molar-refractivity contribution < 1.29 is 4.74 Å². The van der Waals surface area contributed by atoms with E-state index in [1.54, 1.807) is 19.4 Å². The lowest BCUT2D eigenvalue weighted by Crippen LogP contribution is -2.38. The molecule has 8 heteroatoms. The van der Waals surface area contributed by atoms with E-state index in [2.05, 4.69) is 44.8 Å². The Bertz CT molecular complexity index is 987. The van der Waals surface area contributed by atoms with E-state index >= 15 is 0 Å². The summed E-state index contributed by atoms with van der Waals surface area (Å²) >= 11 is 0. The van der Waals surface area contributed by atoms with Crippen LogP contribution in [-0.4, -0.2) is 34.4 Å². The zero-order chi connectivity index (χ0) is 20.8. The summed E-state index contributed by atoms with van der Waals surface area (Å²) in [6.45, 7) is 3.52.